The van der Waals surface area contributed by atoms with E-state index in [1.807, 2.05) is 6.92 Å². The first-order valence-corrected chi connectivity index (χ1v) is 7.85. The number of aryl methyl sites for hydroxylation is 1. The molecule has 114 valence electrons. The fourth-order valence-corrected chi connectivity index (χ4v) is 2.73. The fourth-order valence-electron chi connectivity index (χ4n) is 1.61. The average molecular weight is 310 g/mol. The summed E-state index contributed by atoms with van der Waals surface area (Å²) in [5.74, 6) is 4.62. The Morgan fingerprint density at radius 1 is 1.38 bits per heavy atom. The molecule has 0 unspecified atom stereocenters. The summed E-state index contributed by atoms with van der Waals surface area (Å²) in [7, 11) is -3.85. The number of aliphatic hydroxyl groups is 1. The van der Waals surface area contributed by atoms with E-state index in [0.717, 1.165) is 5.56 Å². The molecular weight excluding hydrogens is 292 g/mol. The van der Waals surface area contributed by atoms with Crippen molar-refractivity contribution in [2.24, 2.45) is 0 Å². The highest BCUT2D eigenvalue weighted by molar-refractivity contribution is 7.89. The van der Waals surface area contributed by atoms with E-state index in [2.05, 4.69) is 21.9 Å². The van der Waals surface area contributed by atoms with Crippen molar-refractivity contribution >= 4 is 15.9 Å². The van der Waals surface area contributed by atoms with E-state index in [9.17, 15) is 13.2 Å². The maximum atomic E-state index is 12.2. The molecule has 0 atom stereocenters. The fraction of sp³-hybridized carbons (Fsp3) is 0.357. The molecule has 0 fully saturated rings. The molecule has 0 bridgehead atoms. The van der Waals surface area contributed by atoms with Gasteiger partial charge in [0.2, 0.25) is 15.9 Å². The highest BCUT2D eigenvalue weighted by Gasteiger charge is 2.18. The molecule has 7 heteroatoms. The number of amides is 1. The van der Waals surface area contributed by atoms with Crippen LogP contribution in [0.4, 0.5) is 0 Å². The van der Waals surface area contributed by atoms with E-state index < -0.39 is 15.9 Å². The van der Waals surface area contributed by atoms with Crippen LogP contribution in [0.2, 0.25) is 0 Å². The van der Waals surface area contributed by atoms with E-state index in [1.54, 1.807) is 19.1 Å². The molecule has 1 aromatic rings. The molecule has 0 heterocycles. The second kappa shape index (κ2) is 7.78. The summed E-state index contributed by atoms with van der Waals surface area (Å²) in [4.78, 5) is 11.3. The Balaban J connectivity index is 3.05. The van der Waals surface area contributed by atoms with Crippen molar-refractivity contribution in [1.82, 2.24) is 10.0 Å². The number of rotatable bonds is 5. The molecule has 0 saturated heterocycles. The van der Waals surface area contributed by atoms with Gasteiger partial charge in [-0.05, 0) is 31.5 Å². The van der Waals surface area contributed by atoms with E-state index >= 15 is 0 Å². The lowest BCUT2D eigenvalue weighted by Gasteiger charge is -2.09. The molecule has 3 N–H and O–H groups in total. The van der Waals surface area contributed by atoms with E-state index in [-0.39, 0.29) is 23.6 Å². The first-order valence-electron chi connectivity index (χ1n) is 6.37. The largest absolute Gasteiger partial charge is 0.384 e. The smallest absolute Gasteiger partial charge is 0.242 e. The highest BCUT2D eigenvalue weighted by Crippen LogP contribution is 2.16. The van der Waals surface area contributed by atoms with Crippen LogP contribution in [0.5, 0.6) is 0 Å². The number of nitrogens with one attached hydrogen (secondary N) is 2. The van der Waals surface area contributed by atoms with Crippen molar-refractivity contribution in [2.45, 2.75) is 18.7 Å². The molecule has 21 heavy (non-hydrogen) atoms. The first kappa shape index (κ1) is 17.2. The second-order valence-corrected chi connectivity index (χ2v) is 5.97. The molecule has 1 amide bonds. The van der Waals surface area contributed by atoms with Crippen molar-refractivity contribution in [3.8, 4) is 11.8 Å². The number of carbonyl (C=O) groups excluding carboxylic acids is 1. The first-order chi connectivity index (χ1) is 9.90. The Bertz CT molecular complexity index is 672. The number of hydrogen-bond acceptors (Lipinski definition) is 4. The standard InChI is InChI=1S/C14H18N2O4S/c1-3-15-14(18)10-16-21(19,20)13-7-6-11(2)9-12(13)5-4-8-17/h6-7,9,16-17H,3,8,10H2,1-2H3,(H,15,18). The van der Waals surface area contributed by atoms with Gasteiger partial charge in [0, 0.05) is 12.1 Å². The van der Waals surface area contributed by atoms with Crippen LogP contribution in [0.15, 0.2) is 23.1 Å². The molecule has 0 aliphatic carbocycles. The lowest BCUT2D eigenvalue weighted by atomic mass is 10.1. The van der Waals surface area contributed by atoms with E-state index in [1.165, 1.54) is 6.07 Å². The van der Waals surface area contributed by atoms with E-state index in [0.29, 0.717) is 6.54 Å². The third kappa shape index (κ3) is 5.19. The maximum Gasteiger partial charge on any atom is 0.242 e. The van der Waals surface area contributed by atoms with Crippen LogP contribution < -0.4 is 10.0 Å². The summed E-state index contributed by atoms with van der Waals surface area (Å²) in [5.41, 5.74) is 1.13. The zero-order valence-electron chi connectivity index (χ0n) is 11.9. The summed E-state index contributed by atoms with van der Waals surface area (Å²) < 4.78 is 26.7. The molecule has 0 aliphatic heterocycles. The number of hydrogen-bond donors (Lipinski definition) is 3. The number of aliphatic hydroxyl groups excluding tert-OH is 1. The molecule has 6 nitrogen and oxygen atoms in total. The van der Waals surface area contributed by atoms with Crippen molar-refractivity contribution in [2.75, 3.05) is 19.7 Å². The Kier molecular flexibility index (Phi) is 6.37. The topological polar surface area (TPSA) is 95.5 Å². The molecule has 0 saturated carbocycles. The molecule has 0 radical (unpaired) electrons. The number of carbonyl (C=O) groups is 1. The molecular formula is C14H18N2O4S. The van der Waals surface area contributed by atoms with Gasteiger partial charge in [-0.1, -0.05) is 17.9 Å². The van der Waals surface area contributed by atoms with Gasteiger partial charge >= 0.3 is 0 Å². The molecule has 1 aromatic carbocycles. The monoisotopic (exact) mass is 310 g/mol. The van der Waals surface area contributed by atoms with Crippen molar-refractivity contribution in [3.05, 3.63) is 29.3 Å². The Labute approximate surface area is 124 Å². The van der Waals surface area contributed by atoms with Gasteiger partial charge in [0.05, 0.1) is 11.4 Å². The van der Waals surface area contributed by atoms with Crippen LogP contribution >= 0.6 is 0 Å². The lowest BCUT2D eigenvalue weighted by Crippen LogP contribution is -2.37. The number of benzene rings is 1. The number of likely N-dealkylation sites (N-methyl/N-ethyl adjacent to an activating group) is 1. The van der Waals surface area contributed by atoms with Gasteiger partial charge in [-0.15, -0.1) is 0 Å². The Hall–Kier alpha value is -1.88. The Morgan fingerprint density at radius 2 is 2.10 bits per heavy atom. The highest BCUT2D eigenvalue weighted by atomic mass is 32.2. The van der Waals surface area contributed by atoms with Crippen LogP contribution in [0.25, 0.3) is 0 Å². The third-order valence-electron chi connectivity index (χ3n) is 2.52. The predicted octanol–water partition coefficient (Wildman–Crippen LogP) is -0.247. The lowest BCUT2D eigenvalue weighted by molar-refractivity contribution is -0.119. The van der Waals surface area contributed by atoms with Crippen LogP contribution in [0.3, 0.4) is 0 Å². The normalized spacial score (nSPS) is 10.6. The van der Waals surface area contributed by atoms with Gasteiger partial charge in [0.1, 0.15) is 6.61 Å². The van der Waals surface area contributed by atoms with Gasteiger partial charge in [-0.2, -0.15) is 0 Å². The van der Waals surface area contributed by atoms with Crippen LogP contribution in [-0.2, 0) is 14.8 Å². The number of sulfonamides is 1. The van der Waals surface area contributed by atoms with Gasteiger partial charge < -0.3 is 10.4 Å². The molecule has 0 aromatic heterocycles. The minimum Gasteiger partial charge on any atom is -0.384 e. The van der Waals surface area contributed by atoms with Gasteiger partial charge in [-0.25, -0.2) is 13.1 Å². The summed E-state index contributed by atoms with van der Waals surface area (Å²) in [6, 6.07) is 4.69. The molecule has 0 spiro atoms. The van der Waals surface area contributed by atoms with Crippen molar-refractivity contribution in [3.63, 3.8) is 0 Å². The summed E-state index contributed by atoms with van der Waals surface area (Å²) in [6.45, 7) is 3.28. The zero-order valence-corrected chi connectivity index (χ0v) is 12.8. The van der Waals surface area contributed by atoms with Gasteiger partial charge in [-0.3, -0.25) is 4.79 Å². The van der Waals surface area contributed by atoms with Crippen molar-refractivity contribution in [1.29, 1.82) is 0 Å². The molecule has 0 aliphatic rings. The quantitative estimate of drug-likeness (QED) is 0.654. The van der Waals surface area contributed by atoms with E-state index in [4.69, 9.17) is 5.11 Å². The zero-order chi connectivity index (χ0) is 15.9. The summed E-state index contributed by atoms with van der Waals surface area (Å²) in [5, 5.41) is 11.2. The van der Waals surface area contributed by atoms with Crippen LogP contribution in [0.1, 0.15) is 18.1 Å². The maximum absolute atomic E-state index is 12.2. The van der Waals surface area contributed by atoms with Gasteiger partial charge in [0.15, 0.2) is 0 Å². The summed E-state index contributed by atoms with van der Waals surface area (Å²) in [6.07, 6.45) is 0. The minimum absolute atomic E-state index is 0.0154. The predicted molar refractivity (Wildman–Crippen MR) is 79.0 cm³/mol. The average Bonchev–Trinajstić information content (AvgIpc) is 2.43. The summed E-state index contributed by atoms with van der Waals surface area (Å²) >= 11 is 0. The minimum atomic E-state index is -3.85. The van der Waals surface area contributed by atoms with Crippen LogP contribution in [0, 0.1) is 18.8 Å². The SMILES string of the molecule is CCNC(=O)CNS(=O)(=O)c1ccc(C)cc1C#CCO. The second-order valence-electron chi connectivity index (χ2n) is 4.24. The van der Waals surface area contributed by atoms with Crippen LogP contribution in [-0.4, -0.2) is 39.1 Å². The Morgan fingerprint density at radius 3 is 2.71 bits per heavy atom. The third-order valence-corrected chi connectivity index (χ3v) is 3.98. The van der Waals surface area contributed by atoms with Crippen molar-refractivity contribution < 1.29 is 18.3 Å². The van der Waals surface area contributed by atoms with Gasteiger partial charge in [0.25, 0.3) is 0 Å². The molecule has 1 rings (SSSR count).